The molecule has 1 fully saturated rings. The van der Waals surface area contributed by atoms with Crippen molar-refractivity contribution in [1.29, 1.82) is 0 Å². The molecule has 0 unspecified atom stereocenters. The third kappa shape index (κ3) is 3.09. The number of nitrogens with one attached hydrogen (secondary N) is 1. The second kappa shape index (κ2) is 6.29. The molecule has 5 nitrogen and oxygen atoms in total. The van der Waals surface area contributed by atoms with Gasteiger partial charge in [0, 0.05) is 30.9 Å². The van der Waals surface area contributed by atoms with Crippen LogP contribution >= 0.6 is 11.3 Å². The fraction of sp³-hybridized carbons (Fsp3) is 0.412. The van der Waals surface area contributed by atoms with Gasteiger partial charge in [0.25, 0.3) is 0 Å². The first-order valence-electron chi connectivity index (χ1n) is 8.01. The van der Waals surface area contributed by atoms with E-state index in [2.05, 4.69) is 27.2 Å². The molecule has 23 heavy (non-hydrogen) atoms. The molecule has 1 atom stereocenters. The number of likely N-dealkylation sites (tertiary alicyclic amines) is 1. The van der Waals surface area contributed by atoms with Crippen molar-refractivity contribution < 1.29 is 4.42 Å². The van der Waals surface area contributed by atoms with Gasteiger partial charge in [0.15, 0.2) is 0 Å². The maximum atomic E-state index is 5.86. The molecule has 1 aliphatic heterocycles. The molecular formula is C17H20N4OS. The van der Waals surface area contributed by atoms with Gasteiger partial charge in [-0.1, -0.05) is 6.07 Å². The lowest BCUT2D eigenvalue weighted by Crippen LogP contribution is -2.34. The van der Waals surface area contributed by atoms with Crippen molar-refractivity contribution in [3.8, 4) is 10.8 Å². The zero-order valence-electron chi connectivity index (χ0n) is 13.2. The second-order valence-corrected chi connectivity index (χ2v) is 7.03. The molecule has 120 valence electrons. The van der Waals surface area contributed by atoms with Crippen LogP contribution < -0.4 is 0 Å². The number of piperidine rings is 1. The first kappa shape index (κ1) is 14.7. The highest BCUT2D eigenvalue weighted by Gasteiger charge is 2.24. The third-order valence-corrected chi connectivity index (χ3v) is 5.32. The zero-order chi connectivity index (χ0) is 15.6. The Morgan fingerprint density at radius 1 is 1.43 bits per heavy atom. The summed E-state index contributed by atoms with van der Waals surface area (Å²) < 4.78 is 5.86. The number of H-pyrrole nitrogens is 1. The summed E-state index contributed by atoms with van der Waals surface area (Å²) in [5, 5.41) is 9.25. The first-order valence-corrected chi connectivity index (χ1v) is 8.89. The molecule has 1 saturated heterocycles. The summed E-state index contributed by atoms with van der Waals surface area (Å²) in [6.45, 7) is 5.02. The predicted molar refractivity (Wildman–Crippen MR) is 90.4 cm³/mol. The lowest BCUT2D eigenvalue weighted by molar-refractivity contribution is 0.196. The lowest BCUT2D eigenvalue weighted by atomic mass is 9.95. The van der Waals surface area contributed by atoms with E-state index in [1.165, 1.54) is 18.5 Å². The van der Waals surface area contributed by atoms with Crippen molar-refractivity contribution >= 4 is 11.3 Å². The number of rotatable bonds is 4. The van der Waals surface area contributed by atoms with Crippen LogP contribution in [0.25, 0.3) is 10.8 Å². The number of hydrogen-bond acceptors (Lipinski definition) is 5. The van der Waals surface area contributed by atoms with Gasteiger partial charge in [0.1, 0.15) is 5.76 Å². The summed E-state index contributed by atoms with van der Waals surface area (Å²) in [6, 6.07) is 6.16. The third-order valence-electron chi connectivity index (χ3n) is 4.47. The molecule has 0 aromatic carbocycles. The van der Waals surface area contributed by atoms with E-state index in [-0.39, 0.29) is 0 Å². The zero-order valence-corrected chi connectivity index (χ0v) is 14.0. The summed E-state index contributed by atoms with van der Waals surface area (Å²) in [5.41, 5.74) is 2.30. The number of aryl methyl sites for hydroxylation is 1. The minimum Gasteiger partial charge on any atom is -0.440 e. The molecule has 0 spiro atoms. The van der Waals surface area contributed by atoms with E-state index in [0.717, 1.165) is 41.9 Å². The molecule has 0 bridgehead atoms. The molecule has 6 heteroatoms. The minimum absolute atomic E-state index is 0.537. The lowest BCUT2D eigenvalue weighted by Gasteiger charge is -2.31. The Labute approximate surface area is 139 Å². The van der Waals surface area contributed by atoms with Gasteiger partial charge in [-0.15, -0.1) is 11.3 Å². The summed E-state index contributed by atoms with van der Waals surface area (Å²) in [6.07, 6.45) is 4.26. The Balaban J connectivity index is 1.47. The van der Waals surface area contributed by atoms with Gasteiger partial charge in [0.05, 0.1) is 10.6 Å². The van der Waals surface area contributed by atoms with E-state index in [0.29, 0.717) is 5.92 Å². The Morgan fingerprint density at radius 3 is 3.17 bits per heavy atom. The van der Waals surface area contributed by atoms with Crippen molar-refractivity contribution in [1.82, 2.24) is 20.1 Å². The van der Waals surface area contributed by atoms with E-state index >= 15 is 0 Å². The van der Waals surface area contributed by atoms with Crippen LogP contribution in [0.3, 0.4) is 0 Å². The van der Waals surface area contributed by atoms with Crippen LogP contribution in [0.15, 0.2) is 34.2 Å². The maximum Gasteiger partial charge on any atom is 0.236 e. The smallest absolute Gasteiger partial charge is 0.236 e. The van der Waals surface area contributed by atoms with E-state index < -0.39 is 0 Å². The molecule has 4 heterocycles. The minimum atomic E-state index is 0.537. The van der Waals surface area contributed by atoms with Crippen molar-refractivity contribution in [3.05, 3.63) is 46.9 Å². The highest BCUT2D eigenvalue weighted by molar-refractivity contribution is 7.13. The fourth-order valence-corrected chi connectivity index (χ4v) is 3.89. The first-order chi connectivity index (χ1) is 11.3. The molecule has 0 amide bonds. The van der Waals surface area contributed by atoms with E-state index in [1.54, 1.807) is 11.3 Å². The maximum absolute atomic E-state index is 5.86. The highest BCUT2D eigenvalue weighted by Crippen LogP contribution is 2.29. The van der Waals surface area contributed by atoms with Crippen molar-refractivity contribution in [2.75, 3.05) is 13.1 Å². The Kier molecular flexibility index (Phi) is 4.01. The number of hydrogen-bond donors (Lipinski definition) is 1. The number of aromatic amines is 1. The van der Waals surface area contributed by atoms with Crippen molar-refractivity contribution in [2.24, 2.45) is 0 Å². The van der Waals surface area contributed by atoms with Gasteiger partial charge in [0.2, 0.25) is 5.89 Å². The fourth-order valence-electron chi connectivity index (χ4n) is 3.24. The standard InChI is InChI=1S/C17H20N4OS/c1-12-15(19-17(22-12)16-5-3-9-23-16)11-21-8-2-4-13(10-21)14-6-7-18-20-14/h3,5-7,9,13H,2,4,8,10-11H2,1H3,(H,18,20)/t13-/m0/s1. The molecule has 4 rings (SSSR count). The average molecular weight is 328 g/mol. The van der Waals surface area contributed by atoms with Crippen LogP contribution in [0.2, 0.25) is 0 Å². The molecule has 3 aromatic rings. The van der Waals surface area contributed by atoms with Gasteiger partial charge in [-0.2, -0.15) is 5.10 Å². The quantitative estimate of drug-likeness (QED) is 0.791. The van der Waals surface area contributed by atoms with Gasteiger partial charge in [-0.3, -0.25) is 10.00 Å². The molecule has 0 radical (unpaired) electrons. The number of aromatic nitrogens is 3. The van der Waals surface area contributed by atoms with Crippen molar-refractivity contribution in [3.63, 3.8) is 0 Å². The largest absolute Gasteiger partial charge is 0.440 e. The second-order valence-electron chi connectivity index (χ2n) is 6.09. The van der Waals surface area contributed by atoms with Gasteiger partial charge in [-0.25, -0.2) is 4.98 Å². The van der Waals surface area contributed by atoms with Crippen LogP contribution in [-0.2, 0) is 6.54 Å². The number of thiophene rings is 1. The normalized spacial score (nSPS) is 19.3. The Morgan fingerprint density at radius 2 is 2.39 bits per heavy atom. The molecule has 0 saturated carbocycles. The van der Waals surface area contributed by atoms with Crippen LogP contribution in [0.5, 0.6) is 0 Å². The topological polar surface area (TPSA) is 58.0 Å². The van der Waals surface area contributed by atoms with E-state index in [1.807, 2.05) is 24.6 Å². The molecule has 1 aliphatic rings. The highest BCUT2D eigenvalue weighted by atomic mass is 32.1. The van der Waals surface area contributed by atoms with Gasteiger partial charge < -0.3 is 4.42 Å². The average Bonchev–Trinajstić information content (AvgIpc) is 3.30. The van der Waals surface area contributed by atoms with Crippen LogP contribution in [0.4, 0.5) is 0 Å². The van der Waals surface area contributed by atoms with Crippen LogP contribution in [-0.4, -0.2) is 33.2 Å². The van der Waals surface area contributed by atoms with E-state index in [4.69, 9.17) is 9.40 Å². The monoisotopic (exact) mass is 328 g/mol. The SMILES string of the molecule is Cc1oc(-c2cccs2)nc1CN1CCC[C@H](c2ccn[nH]2)C1. The molecule has 0 aliphatic carbocycles. The summed E-state index contributed by atoms with van der Waals surface area (Å²) in [7, 11) is 0. The van der Waals surface area contributed by atoms with Crippen molar-refractivity contribution in [2.45, 2.75) is 32.2 Å². The van der Waals surface area contributed by atoms with Gasteiger partial charge in [-0.05, 0) is 43.8 Å². The predicted octanol–water partition coefficient (Wildman–Crippen LogP) is 3.81. The van der Waals surface area contributed by atoms with Gasteiger partial charge >= 0.3 is 0 Å². The van der Waals surface area contributed by atoms with Crippen LogP contribution in [0, 0.1) is 6.92 Å². The number of oxazole rings is 1. The van der Waals surface area contributed by atoms with E-state index in [9.17, 15) is 0 Å². The summed E-state index contributed by atoms with van der Waals surface area (Å²) in [4.78, 5) is 8.28. The number of nitrogens with zero attached hydrogens (tertiary/aromatic N) is 3. The Hall–Kier alpha value is -1.92. The van der Waals surface area contributed by atoms with Crippen LogP contribution in [0.1, 0.15) is 35.9 Å². The molecule has 1 N–H and O–H groups in total. The molecule has 3 aromatic heterocycles. The molecular weight excluding hydrogens is 308 g/mol. The Bertz CT molecular complexity index is 748. The summed E-state index contributed by atoms with van der Waals surface area (Å²) >= 11 is 1.66. The summed E-state index contributed by atoms with van der Waals surface area (Å²) in [5.74, 6) is 2.21.